The zero-order valence-corrected chi connectivity index (χ0v) is 11.8. The van der Waals surface area contributed by atoms with E-state index in [2.05, 4.69) is 15.1 Å². The van der Waals surface area contributed by atoms with Crippen molar-refractivity contribution in [1.29, 1.82) is 0 Å². The van der Waals surface area contributed by atoms with Crippen molar-refractivity contribution in [3.05, 3.63) is 18.0 Å². The quantitative estimate of drug-likeness (QED) is 0.616. The summed E-state index contributed by atoms with van der Waals surface area (Å²) in [5.74, 6) is 0.195. The maximum absolute atomic E-state index is 11.7. The number of aromatic nitrogens is 2. The predicted molar refractivity (Wildman–Crippen MR) is 71.9 cm³/mol. The summed E-state index contributed by atoms with van der Waals surface area (Å²) in [5, 5.41) is 7.03. The highest BCUT2D eigenvalue weighted by atomic mass is 32.2. The van der Waals surface area contributed by atoms with Crippen LogP contribution in [0.15, 0.2) is 12.3 Å². The van der Waals surface area contributed by atoms with E-state index in [4.69, 9.17) is 0 Å². The molecule has 0 radical (unpaired) electrons. The Morgan fingerprint density at radius 3 is 2.72 bits per heavy atom. The first-order chi connectivity index (χ1) is 8.55. The van der Waals surface area contributed by atoms with Crippen LogP contribution in [0.1, 0.15) is 18.5 Å². The Kier molecular flexibility index (Phi) is 6.31. The number of rotatable bonds is 9. The Balaban J connectivity index is 2.23. The summed E-state index contributed by atoms with van der Waals surface area (Å²) in [6.07, 6.45) is 3.93. The van der Waals surface area contributed by atoms with Crippen molar-refractivity contribution in [3.63, 3.8) is 0 Å². The second-order valence-corrected chi connectivity index (χ2v) is 6.15. The minimum atomic E-state index is -3.14. The van der Waals surface area contributed by atoms with Crippen LogP contribution in [0, 0.1) is 0 Å². The standard InChI is InChI=1S/C11H22N4O2S/c1-12-7-3-4-10-18(16,17)14-9-6-11-5-8-13-15(11)2/h5,8,12,14H,3-4,6-7,9-10H2,1-2H3. The number of sulfonamides is 1. The van der Waals surface area contributed by atoms with Crippen LogP contribution in [0.25, 0.3) is 0 Å². The van der Waals surface area contributed by atoms with Crippen LogP contribution in [0.2, 0.25) is 0 Å². The summed E-state index contributed by atoms with van der Waals surface area (Å²) < 4.78 is 27.7. The first kappa shape index (κ1) is 15.1. The van der Waals surface area contributed by atoms with Gasteiger partial charge in [0.1, 0.15) is 0 Å². The minimum absolute atomic E-state index is 0.195. The van der Waals surface area contributed by atoms with Crippen LogP contribution < -0.4 is 10.0 Å². The monoisotopic (exact) mass is 274 g/mol. The molecular weight excluding hydrogens is 252 g/mol. The minimum Gasteiger partial charge on any atom is -0.320 e. The Bertz CT molecular complexity index is 442. The van der Waals surface area contributed by atoms with Crippen molar-refractivity contribution < 1.29 is 8.42 Å². The first-order valence-electron chi connectivity index (χ1n) is 6.14. The van der Waals surface area contributed by atoms with Gasteiger partial charge in [-0.1, -0.05) is 0 Å². The van der Waals surface area contributed by atoms with Gasteiger partial charge < -0.3 is 5.32 Å². The van der Waals surface area contributed by atoms with Gasteiger partial charge in [0.2, 0.25) is 10.0 Å². The summed E-state index contributed by atoms with van der Waals surface area (Å²) in [4.78, 5) is 0. The van der Waals surface area contributed by atoms with Gasteiger partial charge in [-0.15, -0.1) is 0 Å². The Hall–Kier alpha value is -0.920. The lowest BCUT2D eigenvalue weighted by Crippen LogP contribution is -2.29. The molecule has 0 fully saturated rings. The molecule has 2 N–H and O–H groups in total. The van der Waals surface area contributed by atoms with Crippen LogP contribution in [0.4, 0.5) is 0 Å². The zero-order valence-electron chi connectivity index (χ0n) is 11.0. The number of nitrogens with one attached hydrogen (secondary N) is 2. The summed E-state index contributed by atoms with van der Waals surface area (Å²) in [7, 11) is 0.575. The van der Waals surface area contributed by atoms with E-state index in [1.54, 1.807) is 10.9 Å². The van der Waals surface area contributed by atoms with Gasteiger partial charge >= 0.3 is 0 Å². The summed E-state index contributed by atoms with van der Waals surface area (Å²) in [6, 6.07) is 1.89. The maximum atomic E-state index is 11.7. The number of nitrogens with zero attached hydrogens (tertiary/aromatic N) is 2. The average molecular weight is 274 g/mol. The van der Waals surface area contributed by atoms with Crippen molar-refractivity contribution in [3.8, 4) is 0 Å². The molecule has 0 saturated heterocycles. The molecule has 1 aromatic heterocycles. The number of hydrogen-bond donors (Lipinski definition) is 2. The van der Waals surface area contributed by atoms with Crippen molar-refractivity contribution >= 4 is 10.0 Å². The van der Waals surface area contributed by atoms with Gasteiger partial charge in [-0.25, -0.2) is 13.1 Å². The molecule has 104 valence electrons. The van der Waals surface area contributed by atoms with Gasteiger partial charge in [-0.3, -0.25) is 4.68 Å². The Labute approximate surface area is 109 Å². The fourth-order valence-electron chi connectivity index (χ4n) is 1.65. The second kappa shape index (κ2) is 7.50. The molecule has 1 heterocycles. The molecule has 0 amide bonds. The fourth-order valence-corrected chi connectivity index (χ4v) is 2.79. The van der Waals surface area contributed by atoms with Crippen molar-refractivity contribution in [2.75, 3.05) is 25.9 Å². The summed E-state index contributed by atoms with van der Waals surface area (Å²) in [5.41, 5.74) is 1.02. The van der Waals surface area contributed by atoms with E-state index >= 15 is 0 Å². The second-order valence-electron chi connectivity index (χ2n) is 4.22. The highest BCUT2D eigenvalue weighted by Gasteiger charge is 2.09. The van der Waals surface area contributed by atoms with Gasteiger partial charge in [0.15, 0.2) is 0 Å². The van der Waals surface area contributed by atoms with E-state index in [9.17, 15) is 8.42 Å². The molecule has 0 aromatic carbocycles. The van der Waals surface area contributed by atoms with E-state index in [0.717, 1.165) is 18.7 Å². The summed E-state index contributed by atoms with van der Waals surface area (Å²) in [6.45, 7) is 1.28. The molecule has 7 heteroatoms. The van der Waals surface area contributed by atoms with Gasteiger partial charge in [0.25, 0.3) is 0 Å². The zero-order chi connectivity index (χ0) is 13.4. The molecular formula is C11H22N4O2S. The molecule has 0 aliphatic carbocycles. The normalized spacial score (nSPS) is 11.9. The Morgan fingerprint density at radius 2 is 2.11 bits per heavy atom. The third-order valence-electron chi connectivity index (χ3n) is 2.72. The van der Waals surface area contributed by atoms with E-state index < -0.39 is 10.0 Å². The molecule has 1 aromatic rings. The van der Waals surface area contributed by atoms with Gasteiger partial charge in [-0.05, 0) is 32.5 Å². The largest absolute Gasteiger partial charge is 0.320 e. The third-order valence-corrected chi connectivity index (χ3v) is 4.19. The van der Waals surface area contributed by atoms with Crippen LogP contribution in [-0.2, 0) is 23.5 Å². The lowest BCUT2D eigenvalue weighted by atomic mass is 10.3. The molecule has 0 aliphatic heterocycles. The van der Waals surface area contributed by atoms with Gasteiger partial charge in [0, 0.05) is 31.9 Å². The van der Waals surface area contributed by atoms with E-state index in [1.807, 2.05) is 20.2 Å². The number of hydrogen-bond acceptors (Lipinski definition) is 4. The van der Waals surface area contributed by atoms with Crippen LogP contribution >= 0.6 is 0 Å². The predicted octanol–water partition coefficient (Wildman–Crippen LogP) is -0.118. The van der Waals surface area contributed by atoms with Crippen LogP contribution in [0.5, 0.6) is 0 Å². The maximum Gasteiger partial charge on any atom is 0.211 e. The van der Waals surface area contributed by atoms with E-state index in [1.165, 1.54) is 0 Å². The Morgan fingerprint density at radius 1 is 1.33 bits per heavy atom. The lowest BCUT2D eigenvalue weighted by Gasteiger charge is -2.06. The molecule has 1 rings (SSSR count). The molecule has 6 nitrogen and oxygen atoms in total. The molecule has 0 atom stereocenters. The number of aryl methyl sites for hydroxylation is 1. The van der Waals surface area contributed by atoms with Crippen molar-refractivity contribution in [1.82, 2.24) is 19.8 Å². The van der Waals surface area contributed by atoms with Gasteiger partial charge in [0.05, 0.1) is 5.75 Å². The molecule has 0 unspecified atom stereocenters. The third kappa shape index (κ3) is 5.61. The van der Waals surface area contributed by atoms with E-state index in [-0.39, 0.29) is 5.75 Å². The topological polar surface area (TPSA) is 76.0 Å². The molecule has 0 aliphatic rings. The summed E-state index contributed by atoms with van der Waals surface area (Å²) >= 11 is 0. The van der Waals surface area contributed by atoms with E-state index in [0.29, 0.717) is 19.4 Å². The van der Waals surface area contributed by atoms with Crippen molar-refractivity contribution in [2.24, 2.45) is 7.05 Å². The highest BCUT2D eigenvalue weighted by molar-refractivity contribution is 7.89. The first-order valence-corrected chi connectivity index (χ1v) is 7.79. The lowest BCUT2D eigenvalue weighted by molar-refractivity contribution is 0.574. The fraction of sp³-hybridized carbons (Fsp3) is 0.727. The molecule has 0 bridgehead atoms. The van der Waals surface area contributed by atoms with Gasteiger partial charge in [-0.2, -0.15) is 5.10 Å². The average Bonchev–Trinajstić information content (AvgIpc) is 2.71. The smallest absolute Gasteiger partial charge is 0.211 e. The molecule has 0 saturated carbocycles. The SMILES string of the molecule is CNCCCCS(=O)(=O)NCCc1ccnn1C. The van der Waals surface area contributed by atoms with Crippen LogP contribution in [0.3, 0.4) is 0 Å². The molecule has 18 heavy (non-hydrogen) atoms. The number of unbranched alkanes of at least 4 members (excludes halogenated alkanes) is 1. The highest BCUT2D eigenvalue weighted by Crippen LogP contribution is 1.98. The van der Waals surface area contributed by atoms with Crippen molar-refractivity contribution in [2.45, 2.75) is 19.3 Å². The van der Waals surface area contributed by atoms with Crippen LogP contribution in [-0.4, -0.2) is 44.1 Å². The molecule has 0 spiro atoms.